The average Bonchev–Trinajstić information content (AvgIpc) is 3.25. The highest BCUT2D eigenvalue weighted by atomic mass is 16.5. The summed E-state index contributed by atoms with van der Waals surface area (Å²) in [6, 6.07) is 11.7. The maximum Gasteiger partial charge on any atom is 0.230 e. The number of amides is 1. The van der Waals surface area contributed by atoms with Crippen LogP contribution in [0.5, 0.6) is 5.75 Å². The molecule has 0 bridgehead atoms. The summed E-state index contributed by atoms with van der Waals surface area (Å²) in [5, 5.41) is 3.04. The standard InChI is InChI=1S/C18H21NO3/c1-13-3-6-16(22-13)9-12-19-17(20)18(10-11-18)14-4-7-15(21-2)8-5-14/h3-8H,9-12H2,1-2H3,(H,19,20). The molecule has 1 aromatic heterocycles. The van der Waals surface area contributed by atoms with Gasteiger partial charge in [0.25, 0.3) is 0 Å². The van der Waals surface area contributed by atoms with Crippen molar-refractivity contribution in [1.29, 1.82) is 0 Å². The number of benzene rings is 1. The monoisotopic (exact) mass is 299 g/mol. The third kappa shape index (κ3) is 2.86. The highest BCUT2D eigenvalue weighted by Crippen LogP contribution is 2.48. The van der Waals surface area contributed by atoms with Gasteiger partial charge in [-0.3, -0.25) is 4.79 Å². The van der Waals surface area contributed by atoms with Crippen LogP contribution in [0, 0.1) is 6.92 Å². The van der Waals surface area contributed by atoms with Crippen molar-refractivity contribution in [1.82, 2.24) is 5.32 Å². The summed E-state index contributed by atoms with van der Waals surface area (Å²) < 4.78 is 10.7. The van der Waals surface area contributed by atoms with Crippen molar-refractivity contribution >= 4 is 5.91 Å². The fraction of sp³-hybridized carbons (Fsp3) is 0.389. The van der Waals surface area contributed by atoms with E-state index in [1.165, 1.54) is 0 Å². The Hall–Kier alpha value is -2.23. The molecule has 1 aliphatic rings. The van der Waals surface area contributed by atoms with Crippen LogP contribution in [-0.4, -0.2) is 19.6 Å². The van der Waals surface area contributed by atoms with Crippen LogP contribution in [0.3, 0.4) is 0 Å². The summed E-state index contributed by atoms with van der Waals surface area (Å²) >= 11 is 0. The minimum absolute atomic E-state index is 0.112. The van der Waals surface area contributed by atoms with Crippen molar-refractivity contribution < 1.29 is 13.9 Å². The summed E-state index contributed by atoms with van der Waals surface area (Å²) in [6.45, 7) is 2.52. The van der Waals surface area contributed by atoms with Gasteiger partial charge in [-0.1, -0.05) is 12.1 Å². The van der Waals surface area contributed by atoms with Crippen LogP contribution in [0.1, 0.15) is 29.9 Å². The maximum atomic E-state index is 12.5. The Balaban J connectivity index is 1.58. The number of hydrogen-bond donors (Lipinski definition) is 1. The summed E-state index contributed by atoms with van der Waals surface area (Å²) in [7, 11) is 1.64. The van der Waals surface area contributed by atoms with E-state index in [9.17, 15) is 4.79 Å². The first kappa shape index (κ1) is 14.7. The summed E-state index contributed by atoms with van der Waals surface area (Å²) in [5.41, 5.74) is 0.727. The molecule has 0 spiro atoms. The van der Waals surface area contributed by atoms with E-state index in [4.69, 9.17) is 9.15 Å². The summed E-state index contributed by atoms with van der Waals surface area (Å²) in [6.07, 6.45) is 2.54. The van der Waals surface area contributed by atoms with Gasteiger partial charge in [-0.15, -0.1) is 0 Å². The molecular weight excluding hydrogens is 278 g/mol. The number of methoxy groups -OCH3 is 1. The first-order valence-corrected chi connectivity index (χ1v) is 7.62. The number of nitrogens with one attached hydrogen (secondary N) is 1. The Morgan fingerprint density at radius 1 is 1.23 bits per heavy atom. The minimum atomic E-state index is -0.342. The van der Waals surface area contributed by atoms with Crippen LogP contribution in [-0.2, 0) is 16.6 Å². The van der Waals surface area contributed by atoms with Crippen molar-refractivity contribution in [2.45, 2.75) is 31.6 Å². The van der Waals surface area contributed by atoms with Gasteiger partial charge in [-0.05, 0) is 49.6 Å². The smallest absolute Gasteiger partial charge is 0.230 e. The topological polar surface area (TPSA) is 51.5 Å². The lowest BCUT2D eigenvalue weighted by Gasteiger charge is -2.16. The number of aryl methyl sites for hydroxylation is 1. The Labute approximate surface area is 130 Å². The van der Waals surface area contributed by atoms with Crippen molar-refractivity contribution in [3.8, 4) is 5.75 Å². The number of furan rings is 1. The zero-order valence-corrected chi connectivity index (χ0v) is 13.0. The molecule has 1 heterocycles. The van der Waals surface area contributed by atoms with Gasteiger partial charge in [-0.25, -0.2) is 0 Å². The maximum absolute atomic E-state index is 12.5. The molecule has 1 amide bonds. The largest absolute Gasteiger partial charge is 0.497 e. The normalized spacial score (nSPS) is 15.4. The molecule has 2 aromatic rings. The second-order valence-corrected chi connectivity index (χ2v) is 5.83. The van der Waals surface area contributed by atoms with Gasteiger partial charge < -0.3 is 14.5 Å². The molecule has 1 N–H and O–H groups in total. The molecule has 4 nitrogen and oxygen atoms in total. The molecule has 1 saturated carbocycles. The molecule has 0 unspecified atom stereocenters. The van der Waals surface area contributed by atoms with E-state index in [0.717, 1.165) is 42.1 Å². The lowest BCUT2D eigenvalue weighted by Crippen LogP contribution is -2.35. The van der Waals surface area contributed by atoms with E-state index in [2.05, 4.69) is 5.32 Å². The molecule has 0 radical (unpaired) electrons. The summed E-state index contributed by atoms with van der Waals surface area (Å²) in [5.74, 6) is 2.74. The zero-order valence-electron chi connectivity index (χ0n) is 13.0. The molecule has 0 atom stereocenters. The summed E-state index contributed by atoms with van der Waals surface area (Å²) in [4.78, 5) is 12.5. The Morgan fingerprint density at radius 2 is 1.95 bits per heavy atom. The van der Waals surface area contributed by atoms with Crippen LogP contribution in [0.2, 0.25) is 0 Å². The van der Waals surface area contributed by atoms with Gasteiger partial charge in [0.2, 0.25) is 5.91 Å². The van der Waals surface area contributed by atoms with Crippen molar-refractivity contribution in [2.24, 2.45) is 0 Å². The fourth-order valence-electron chi connectivity index (χ4n) is 2.77. The third-order valence-electron chi connectivity index (χ3n) is 4.28. The number of hydrogen-bond acceptors (Lipinski definition) is 3. The van der Waals surface area contributed by atoms with Gasteiger partial charge in [0, 0.05) is 13.0 Å². The quantitative estimate of drug-likeness (QED) is 0.892. The van der Waals surface area contributed by atoms with Gasteiger partial charge in [-0.2, -0.15) is 0 Å². The molecule has 116 valence electrons. The van der Waals surface area contributed by atoms with E-state index < -0.39 is 0 Å². The number of rotatable bonds is 6. The van der Waals surface area contributed by atoms with E-state index >= 15 is 0 Å². The lowest BCUT2D eigenvalue weighted by molar-refractivity contribution is -0.123. The first-order chi connectivity index (χ1) is 10.6. The molecular formula is C18H21NO3. The van der Waals surface area contributed by atoms with Crippen molar-refractivity contribution in [3.05, 3.63) is 53.5 Å². The Morgan fingerprint density at radius 3 is 2.50 bits per heavy atom. The number of ether oxygens (including phenoxy) is 1. The van der Waals surface area contributed by atoms with Crippen LogP contribution in [0.4, 0.5) is 0 Å². The number of carbonyl (C=O) groups excluding carboxylic acids is 1. The molecule has 4 heteroatoms. The first-order valence-electron chi connectivity index (χ1n) is 7.62. The van der Waals surface area contributed by atoms with Gasteiger partial charge >= 0.3 is 0 Å². The van der Waals surface area contributed by atoms with Crippen LogP contribution < -0.4 is 10.1 Å². The highest BCUT2D eigenvalue weighted by Gasteiger charge is 2.50. The van der Waals surface area contributed by atoms with Gasteiger partial charge in [0.05, 0.1) is 12.5 Å². The highest BCUT2D eigenvalue weighted by molar-refractivity contribution is 5.91. The third-order valence-corrected chi connectivity index (χ3v) is 4.28. The predicted octanol–water partition coefficient (Wildman–Crippen LogP) is 2.99. The van der Waals surface area contributed by atoms with Crippen LogP contribution in [0.15, 0.2) is 40.8 Å². The average molecular weight is 299 g/mol. The molecule has 3 rings (SSSR count). The lowest BCUT2D eigenvalue weighted by atomic mass is 9.95. The SMILES string of the molecule is COc1ccc(C2(C(=O)NCCc3ccc(C)o3)CC2)cc1. The van der Waals surface area contributed by atoms with Crippen LogP contribution >= 0.6 is 0 Å². The predicted molar refractivity (Wildman–Crippen MR) is 84.1 cm³/mol. The van der Waals surface area contributed by atoms with Crippen molar-refractivity contribution in [2.75, 3.05) is 13.7 Å². The number of carbonyl (C=O) groups is 1. The van der Waals surface area contributed by atoms with E-state index in [1.54, 1.807) is 7.11 Å². The second-order valence-electron chi connectivity index (χ2n) is 5.83. The molecule has 0 saturated heterocycles. The minimum Gasteiger partial charge on any atom is -0.497 e. The Bertz CT molecular complexity index is 653. The van der Waals surface area contributed by atoms with Gasteiger partial charge in [0.15, 0.2) is 0 Å². The van der Waals surface area contributed by atoms with E-state index in [-0.39, 0.29) is 11.3 Å². The van der Waals surface area contributed by atoms with E-state index in [1.807, 2.05) is 43.3 Å². The molecule has 0 aliphatic heterocycles. The van der Waals surface area contributed by atoms with Crippen LogP contribution in [0.25, 0.3) is 0 Å². The fourth-order valence-corrected chi connectivity index (χ4v) is 2.77. The second kappa shape index (κ2) is 5.87. The Kier molecular flexibility index (Phi) is 3.92. The molecule has 1 fully saturated rings. The van der Waals surface area contributed by atoms with Gasteiger partial charge in [0.1, 0.15) is 17.3 Å². The molecule has 22 heavy (non-hydrogen) atoms. The van der Waals surface area contributed by atoms with E-state index in [0.29, 0.717) is 6.54 Å². The molecule has 1 aromatic carbocycles. The van der Waals surface area contributed by atoms with Crippen molar-refractivity contribution in [3.63, 3.8) is 0 Å². The zero-order chi connectivity index (χ0) is 15.6. The molecule has 1 aliphatic carbocycles.